The van der Waals surface area contributed by atoms with Crippen molar-refractivity contribution >= 4 is 11.8 Å². The Hall–Kier alpha value is -2.15. The van der Waals surface area contributed by atoms with Crippen molar-refractivity contribution in [1.82, 2.24) is 24.9 Å². The van der Waals surface area contributed by atoms with Crippen LogP contribution in [0, 0.1) is 0 Å². The van der Waals surface area contributed by atoms with Crippen LogP contribution in [0.5, 0.6) is 0 Å². The Balaban J connectivity index is 1.46. The molecule has 6 nitrogen and oxygen atoms in total. The summed E-state index contributed by atoms with van der Waals surface area (Å²) >= 11 is 1.59. The van der Waals surface area contributed by atoms with E-state index in [9.17, 15) is 0 Å². The Morgan fingerprint density at radius 3 is 2.90 bits per heavy atom. The van der Waals surface area contributed by atoms with Gasteiger partial charge in [0, 0.05) is 11.6 Å². The van der Waals surface area contributed by atoms with Crippen LogP contribution in [0.1, 0.15) is 24.7 Å². The van der Waals surface area contributed by atoms with Gasteiger partial charge in [0.1, 0.15) is 6.33 Å². The summed E-state index contributed by atoms with van der Waals surface area (Å²) in [5.41, 5.74) is 0.933. The van der Waals surface area contributed by atoms with Crippen molar-refractivity contribution in [3.05, 3.63) is 42.5 Å². The van der Waals surface area contributed by atoms with Gasteiger partial charge in [0.25, 0.3) is 5.89 Å². The molecule has 0 N–H and O–H groups in total. The fourth-order valence-corrected chi connectivity index (χ4v) is 2.90. The summed E-state index contributed by atoms with van der Waals surface area (Å²) in [7, 11) is 0. The lowest BCUT2D eigenvalue weighted by molar-refractivity contribution is 0.425. The molecule has 0 saturated heterocycles. The molecule has 3 aromatic rings. The number of nitrogens with zero attached hydrogens (tertiary/aromatic N) is 5. The third kappa shape index (κ3) is 2.69. The van der Waals surface area contributed by atoms with Crippen molar-refractivity contribution in [2.45, 2.75) is 29.8 Å². The molecule has 1 aliphatic rings. The molecule has 0 atom stereocenters. The minimum atomic E-state index is 0.551. The monoisotopic (exact) mass is 299 g/mol. The fourth-order valence-electron chi connectivity index (χ4n) is 2.08. The third-order valence-electron chi connectivity index (χ3n) is 3.30. The maximum absolute atomic E-state index is 5.29. The van der Waals surface area contributed by atoms with Gasteiger partial charge in [-0.15, -0.1) is 10.2 Å². The molecular weight excluding hydrogens is 286 g/mol. The van der Waals surface area contributed by atoms with Crippen molar-refractivity contribution in [2.75, 3.05) is 0 Å². The molecule has 0 bridgehead atoms. The molecular formula is C14H13N5OS. The molecule has 21 heavy (non-hydrogen) atoms. The second-order valence-corrected chi connectivity index (χ2v) is 5.86. The van der Waals surface area contributed by atoms with E-state index in [-0.39, 0.29) is 0 Å². The molecule has 0 spiro atoms. The van der Waals surface area contributed by atoms with Crippen molar-refractivity contribution in [2.24, 2.45) is 0 Å². The van der Waals surface area contributed by atoms with E-state index >= 15 is 0 Å². The Morgan fingerprint density at radius 1 is 1.24 bits per heavy atom. The number of hydrogen-bond donors (Lipinski definition) is 0. The highest BCUT2D eigenvalue weighted by Crippen LogP contribution is 2.37. The first-order chi connectivity index (χ1) is 10.4. The zero-order valence-electron chi connectivity index (χ0n) is 11.2. The van der Waals surface area contributed by atoms with Gasteiger partial charge >= 0.3 is 0 Å². The van der Waals surface area contributed by atoms with Gasteiger partial charge < -0.3 is 9.09 Å². The van der Waals surface area contributed by atoms with Crippen molar-refractivity contribution in [1.29, 1.82) is 0 Å². The smallest absolute Gasteiger partial charge is 0.257 e. The Kier molecular flexibility index (Phi) is 3.19. The summed E-state index contributed by atoms with van der Waals surface area (Å²) in [6.07, 6.45) is 4.23. The average Bonchev–Trinajstić information content (AvgIpc) is 3.09. The highest BCUT2D eigenvalue weighted by atomic mass is 32.2. The predicted molar refractivity (Wildman–Crippen MR) is 77.6 cm³/mol. The van der Waals surface area contributed by atoms with E-state index in [1.807, 2.05) is 30.3 Å². The van der Waals surface area contributed by atoms with Gasteiger partial charge in [-0.2, -0.15) is 4.98 Å². The molecule has 106 valence electrons. The molecule has 0 radical (unpaired) electrons. The van der Waals surface area contributed by atoms with Crippen LogP contribution in [-0.2, 0) is 5.75 Å². The molecule has 0 aliphatic heterocycles. The summed E-state index contributed by atoms with van der Waals surface area (Å²) in [4.78, 5) is 4.41. The zero-order chi connectivity index (χ0) is 14.1. The lowest BCUT2D eigenvalue weighted by atomic mass is 10.2. The quantitative estimate of drug-likeness (QED) is 0.675. The lowest BCUT2D eigenvalue weighted by Gasteiger charge is -2.01. The molecule has 0 unspecified atom stereocenters. The largest absolute Gasteiger partial charge is 0.334 e. The minimum absolute atomic E-state index is 0.551. The second kappa shape index (κ2) is 5.33. The highest BCUT2D eigenvalue weighted by Gasteiger charge is 2.26. The van der Waals surface area contributed by atoms with E-state index in [4.69, 9.17) is 4.52 Å². The van der Waals surface area contributed by atoms with Gasteiger partial charge in [-0.3, -0.25) is 0 Å². The first-order valence-corrected chi connectivity index (χ1v) is 7.79. The third-order valence-corrected chi connectivity index (χ3v) is 4.25. The van der Waals surface area contributed by atoms with Gasteiger partial charge in [-0.05, 0) is 25.0 Å². The SMILES string of the molecule is c1ccc(-c2nc(CSc3nncn3C3CC3)no2)cc1. The van der Waals surface area contributed by atoms with Gasteiger partial charge in [0.15, 0.2) is 11.0 Å². The van der Waals surface area contributed by atoms with E-state index in [1.54, 1.807) is 18.1 Å². The molecule has 2 heterocycles. The van der Waals surface area contributed by atoms with E-state index < -0.39 is 0 Å². The number of hydrogen-bond acceptors (Lipinski definition) is 6. The van der Waals surface area contributed by atoms with Crippen LogP contribution >= 0.6 is 11.8 Å². The van der Waals surface area contributed by atoms with Crippen molar-refractivity contribution in [3.63, 3.8) is 0 Å². The maximum Gasteiger partial charge on any atom is 0.257 e. The number of thioether (sulfide) groups is 1. The Labute approximate surface area is 125 Å². The van der Waals surface area contributed by atoms with Crippen LogP contribution < -0.4 is 0 Å². The van der Waals surface area contributed by atoms with Crippen LogP contribution in [0.2, 0.25) is 0 Å². The Morgan fingerprint density at radius 2 is 2.10 bits per heavy atom. The van der Waals surface area contributed by atoms with Crippen LogP contribution in [0.4, 0.5) is 0 Å². The summed E-state index contributed by atoms with van der Waals surface area (Å²) in [6, 6.07) is 10.3. The summed E-state index contributed by atoms with van der Waals surface area (Å²) in [5, 5.41) is 13.1. The van der Waals surface area contributed by atoms with Gasteiger partial charge in [-0.1, -0.05) is 35.1 Å². The molecule has 1 fully saturated rings. The van der Waals surface area contributed by atoms with E-state index in [1.165, 1.54) is 12.8 Å². The van der Waals surface area contributed by atoms with Crippen LogP contribution in [0.3, 0.4) is 0 Å². The van der Waals surface area contributed by atoms with Crippen LogP contribution in [0.25, 0.3) is 11.5 Å². The normalized spacial score (nSPS) is 14.5. The van der Waals surface area contributed by atoms with E-state index in [0.717, 1.165) is 10.7 Å². The topological polar surface area (TPSA) is 69.6 Å². The predicted octanol–water partition coefficient (Wildman–Crippen LogP) is 2.96. The number of benzene rings is 1. The minimum Gasteiger partial charge on any atom is -0.334 e. The summed E-state index contributed by atoms with van der Waals surface area (Å²) in [5.74, 6) is 1.85. The van der Waals surface area contributed by atoms with E-state index in [0.29, 0.717) is 23.5 Å². The average molecular weight is 299 g/mol. The lowest BCUT2D eigenvalue weighted by Crippen LogP contribution is -1.95. The van der Waals surface area contributed by atoms with E-state index in [2.05, 4.69) is 24.9 Å². The zero-order valence-corrected chi connectivity index (χ0v) is 12.0. The molecule has 0 amide bonds. The van der Waals surface area contributed by atoms with Gasteiger partial charge in [0.2, 0.25) is 0 Å². The van der Waals surface area contributed by atoms with Crippen molar-refractivity contribution in [3.8, 4) is 11.5 Å². The number of rotatable bonds is 5. The van der Waals surface area contributed by atoms with Gasteiger partial charge in [-0.25, -0.2) is 0 Å². The Bertz CT molecular complexity index is 735. The van der Waals surface area contributed by atoms with Crippen molar-refractivity contribution < 1.29 is 4.52 Å². The molecule has 1 aromatic carbocycles. The highest BCUT2D eigenvalue weighted by molar-refractivity contribution is 7.98. The summed E-state index contributed by atoms with van der Waals surface area (Å²) in [6.45, 7) is 0. The van der Waals surface area contributed by atoms with Crippen LogP contribution in [-0.4, -0.2) is 24.9 Å². The standard InChI is InChI=1S/C14H13N5OS/c1-2-4-10(5-3-1)13-16-12(18-20-13)8-21-14-17-15-9-19(14)11-6-7-11/h1-5,9,11H,6-8H2. The fraction of sp³-hybridized carbons (Fsp3) is 0.286. The maximum atomic E-state index is 5.29. The first-order valence-electron chi connectivity index (χ1n) is 6.80. The van der Waals surface area contributed by atoms with Crippen LogP contribution in [0.15, 0.2) is 46.3 Å². The molecule has 4 rings (SSSR count). The summed E-state index contributed by atoms with van der Waals surface area (Å²) < 4.78 is 7.42. The molecule has 7 heteroatoms. The molecule has 1 saturated carbocycles. The second-order valence-electron chi connectivity index (χ2n) is 4.92. The molecule has 1 aliphatic carbocycles. The van der Waals surface area contributed by atoms with Gasteiger partial charge in [0.05, 0.1) is 5.75 Å². The number of aromatic nitrogens is 5. The first kappa shape index (κ1) is 12.6. The molecule has 2 aromatic heterocycles.